The number of aryl methyl sites for hydroxylation is 1. The summed E-state index contributed by atoms with van der Waals surface area (Å²) < 4.78 is 5.55. The molecule has 0 unspecified atom stereocenters. The van der Waals surface area contributed by atoms with Crippen molar-refractivity contribution in [3.8, 4) is 5.75 Å². The van der Waals surface area contributed by atoms with Crippen molar-refractivity contribution in [2.24, 2.45) is 0 Å². The van der Waals surface area contributed by atoms with E-state index < -0.39 is 5.97 Å². The minimum Gasteiger partial charge on any atom is -0.422 e. The van der Waals surface area contributed by atoms with Crippen LogP contribution in [0.2, 0.25) is 5.02 Å². The maximum atomic E-state index is 12.5. The molecule has 0 aliphatic rings. The molecule has 3 rings (SSSR count). The lowest BCUT2D eigenvalue weighted by atomic mass is 10.1. The molecule has 0 heterocycles. The van der Waals surface area contributed by atoms with E-state index in [1.807, 2.05) is 25.1 Å². The molecule has 0 aromatic heterocycles. The van der Waals surface area contributed by atoms with Crippen LogP contribution >= 0.6 is 11.6 Å². The van der Waals surface area contributed by atoms with E-state index in [0.29, 0.717) is 27.5 Å². The number of benzene rings is 3. The van der Waals surface area contributed by atoms with Crippen molar-refractivity contribution >= 4 is 29.4 Å². The number of carbonyl (C=O) groups excluding carboxylic acids is 2. The Morgan fingerprint density at radius 3 is 2.30 bits per heavy atom. The third-order valence-corrected chi connectivity index (χ3v) is 4.28. The summed E-state index contributed by atoms with van der Waals surface area (Å²) in [6, 6.07) is 21.0. The molecule has 0 aliphatic heterocycles. The van der Waals surface area contributed by atoms with Crippen molar-refractivity contribution in [2.45, 2.75) is 6.92 Å². The summed E-state index contributed by atoms with van der Waals surface area (Å²) in [4.78, 5) is 24.7. The molecule has 0 saturated carbocycles. The molecule has 0 N–H and O–H groups in total. The first kappa shape index (κ1) is 18.6. The standard InChI is InChI=1S/C23H17ClO3/c1-16-6-2-4-8-20(16)23(26)27-22-9-5-3-7-18(22)12-15-21(25)17-10-13-19(24)14-11-17/h2-15H,1H3/b15-12+. The molecule has 3 nitrogen and oxygen atoms in total. The lowest BCUT2D eigenvalue weighted by Gasteiger charge is -2.09. The van der Waals surface area contributed by atoms with Gasteiger partial charge in [0.2, 0.25) is 0 Å². The van der Waals surface area contributed by atoms with Crippen LogP contribution in [0, 0.1) is 6.92 Å². The normalized spacial score (nSPS) is 10.7. The number of rotatable bonds is 5. The van der Waals surface area contributed by atoms with Gasteiger partial charge in [0.1, 0.15) is 5.75 Å². The van der Waals surface area contributed by atoms with Crippen molar-refractivity contribution in [1.82, 2.24) is 0 Å². The van der Waals surface area contributed by atoms with Crippen LogP contribution in [0.4, 0.5) is 0 Å². The van der Waals surface area contributed by atoms with Gasteiger partial charge >= 0.3 is 5.97 Å². The second-order valence-electron chi connectivity index (χ2n) is 5.95. The third kappa shape index (κ3) is 4.72. The molecule has 4 heteroatoms. The van der Waals surface area contributed by atoms with Gasteiger partial charge in [0, 0.05) is 16.1 Å². The smallest absolute Gasteiger partial charge is 0.343 e. The molecular formula is C23H17ClO3. The fraction of sp³-hybridized carbons (Fsp3) is 0.0435. The number of halogens is 1. The molecule has 0 bridgehead atoms. The molecule has 0 aliphatic carbocycles. The summed E-state index contributed by atoms with van der Waals surface area (Å²) >= 11 is 5.84. The summed E-state index contributed by atoms with van der Waals surface area (Å²) in [5.74, 6) is -0.199. The second kappa shape index (κ2) is 8.47. The number of esters is 1. The molecule has 134 valence electrons. The first-order valence-electron chi connectivity index (χ1n) is 8.39. The first-order valence-corrected chi connectivity index (χ1v) is 8.77. The lowest BCUT2D eigenvalue weighted by Crippen LogP contribution is -2.10. The maximum Gasteiger partial charge on any atom is 0.343 e. The number of carbonyl (C=O) groups is 2. The Bertz CT molecular complexity index is 1000. The Hall–Kier alpha value is -3.17. The van der Waals surface area contributed by atoms with E-state index in [1.165, 1.54) is 6.08 Å². The zero-order valence-corrected chi connectivity index (χ0v) is 15.4. The Labute approximate surface area is 162 Å². The van der Waals surface area contributed by atoms with Gasteiger partial charge in [-0.2, -0.15) is 0 Å². The monoisotopic (exact) mass is 376 g/mol. The number of ketones is 1. The van der Waals surface area contributed by atoms with E-state index in [1.54, 1.807) is 60.7 Å². The summed E-state index contributed by atoms with van der Waals surface area (Å²) in [6.45, 7) is 1.85. The van der Waals surface area contributed by atoms with E-state index in [0.717, 1.165) is 5.56 Å². The summed E-state index contributed by atoms with van der Waals surface area (Å²) in [5.41, 5.74) is 2.52. The Morgan fingerprint density at radius 2 is 1.56 bits per heavy atom. The molecule has 0 fully saturated rings. The lowest BCUT2D eigenvalue weighted by molar-refractivity contribution is 0.0733. The van der Waals surface area contributed by atoms with Crippen LogP contribution in [-0.2, 0) is 0 Å². The van der Waals surface area contributed by atoms with Crippen molar-refractivity contribution in [1.29, 1.82) is 0 Å². The summed E-state index contributed by atoms with van der Waals surface area (Å²) in [5, 5.41) is 0.573. The van der Waals surface area contributed by atoms with Crippen LogP contribution in [0.1, 0.15) is 31.8 Å². The number of hydrogen-bond acceptors (Lipinski definition) is 3. The molecule has 0 amide bonds. The van der Waals surface area contributed by atoms with Crippen molar-refractivity contribution < 1.29 is 14.3 Å². The number of ether oxygens (including phenoxy) is 1. The summed E-state index contributed by atoms with van der Waals surface area (Å²) in [6.07, 6.45) is 3.08. The highest BCUT2D eigenvalue weighted by atomic mass is 35.5. The Morgan fingerprint density at radius 1 is 0.889 bits per heavy atom. The van der Waals surface area contributed by atoms with Crippen molar-refractivity contribution in [2.75, 3.05) is 0 Å². The minimum atomic E-state index is -0.432. The van der Waals surface area contributed by atoms with Gasteiger partial charge in [0.15, 0.2) is 5.78 Å². The van der Waals surface area contributed by atoms with Gasteiger partial charge in [-0.15, -0.1) is 0 Å². The largest absolute Gasteiger partial charge is 0.422 e. The zero-order valence-electron chi connectivity index (χ0n) is 14.7. The minimum absolute atomic E-state index is 0.160. The van der Waals surface area contributed by atoms with Crippen molar-refractivity contribution in [3.05, 3.63) is 106 Å². The van der Waals surface area contributed by atoms with Crippen LogP contribution in [0.15, 0.2) is 78.9 Å². The van der Waals surface area contributed by atoms with E-state index >= 15 is 0 Å². The zero-order chi connectivity index (χ0) is 19.2. The Balaban J connectivity index is 1.80. The second-order valence-corrected chi connectivity index (χ2v) is 6.38. The molecule has 3 aromatic carbocycles. The molecule has 0 radical (unpaired) electrons. The molecule has 27 heavy (non-hydrogen) atoms. The van der Waals surface area contributed by atoms with Crippen LogP contribution in [0.3, 0.4) is 0 Å². The van der Waals surface area contributed by atoms with Crippen LogP contribution < -0.4 is 4.74 Å². The quantitative estimate of drug-likeness (QED) is 0.246. The van der Waals surface area contributed by atoms with Crippen molar-refractivity contribution in [3.63, 3.8) is 0 Å². The third-order valence-electron chi connectivity index (χ3n) is 4.03. The van der Waals surface area contributed by atoms with Gasteiger partial charge < -0.3 is 4.74 Å². The predicted molar refractivity (Wildman–Crippen MR) is 107 cm³/mol. The topological polar surface area (TPSA) is 43.4 Å². The highest BCUT2D eigenvalue weighted by Crippen LogP contribution is 2.22. The highest BCUT2D eigenvalue weighted by Gasteiger charge is 2.12. The van der Waals surface area contributed by atoms with Crippen LogP contribution in [-0.4, -0.2) is 11.8 Å². The van der Waals surface area contributed by atoms with Gasteiger partial charge in [-0.25, -0.2) is 4.79 Å². The fourth-order valence-electron chi connectivity index (χ4n) is 2.54. The molecular weight excluding hydrogens is 360 g/mol. The van der Waals surface area contributed by atoms with Gasteiger partial charge in [-0.1, -0.05) is 48.0 Å². The van der Waals surface area contributed by atoms with Gasteiger partial charge in [0.25, 0.3) is 0 Å². The SMILES string of the molecule is Cc1ccccc1C(=O)Oc1ccccc1/C=C/C(=O)c1ccc(Cl)cc1. The maximum absolute atomic E-state index is 12.5. The molecule has 0 saturated heterocycles. The average molecular weight is 377 g/mol. The molecule has 0 spiro atoms. The number of allylic oxidation sites excluding steroid dienone is 1. The Kier molecular flexibility index (Phi) is 5.84. The van der Waals surface area contributed by atoms with E-state index in [-0.39, 0.29) is 5.78 Å². The van der Waals surface area contributed by atoms with Crippen LogP contribution in [0.25, 0.3) is 6.08 Å². The number of para-hydroxylation sites is 1. The van der Waals surface area contributed by atoms with E-state index in [2.05, 4.69) is 0 Å². The van der Waals surface area contributed by atoms with Gasteiger partial charge in [-0.05, 0) is 61.0 Å². The van der Waals surface area contributed by atoms with Crippen LogP contribution in [0.5, 0.6) is 5.75 Å². The molecule has 3 aromatic rings. The number of hydrogen-bond donors (Lipinski definition) is 0. The predicted octanol–water partition coefficient (Wildman–Crippen LogP) is 5.76. The molecule has 0 atom stereocenters. The van der Waals surface area contributed by atoms with Gasteiger partial charge in [-0.3, -0.25) is 4.79 Å². The highest BCUT2D eigenvalue weighted by molar-refractivity contribution is 6.30. The average Bonchev–Trinajstić information content (AvgIpc) is 2.68. The first-order chi connectivity index (χ1) is 13.0. The fourth-order valence-corrected chi connectivity index (χ4v) is 2.67. The van der Waals surface area contributed by atoms with E-state index in [9.17, 15) is 9.59 Å². The summed E-state index contributed by atoms with van der Waals surface area (Å²) in [7, 11) is 0. The van der Waals surface area contributed by atoms with E-state index in [4.69, 9.17) is 16.3 Å². The van der Waals surface area contributed by atoms with Gasteiger partial charge in [0.05, 0.1) is 5.56 Å².